The molecule has 0 aliphatic carbocycles. The maximum Gasteiger partial charge on any atom is 0.268 e. The molecule has 0 bridgehead atoms. The fourth-order valence-electron chi connectivity index (χ4n) is 2.79. The number of hydrogen-bond acceptors (Lipinski definition) is 2. The Morgan fingerprint density at radius 2 is 1.72 bits per heavy atom. The summed E-state index contributed by atoms with van der Waals surface area (Å²) in [6.45, 7) is 0. The predicted octanol–water partition coefficient (Wildman–Crippen LogP) is 2.60. The van der Waals surface area contributed by atoms with Crippen molar-refractivity contribution >= 4 is 22.7 Å². The number of rotatable bonds is 5. The Morgan fingerprint density at radius 1 is 1.04 bits per heavy atom. The second-order valence-electron chi connectivity index (χ2n) is 6.22. The van der Waals surface area contributed by atoms with Gasteiger partial charge in [0, 0.05) is 31.4 Å². The van der Waals surface area contributed by atoms with Gasteiger partial charge in [0.15, 0.2) is 0 Å². The number of nitrogens with zero attached hydrogens (tertiary/aromatic N) is 1. The molecule has 0 saturated heterocycles. The van der Waals surface area contributed by atoms with Crippen LogP contribution in [0.2, 0.25) is 0 Å². The molecule has 25 heavy (non-hydrogen) atoms. The summed E-state index contributed by atoms with van der Waals surface area (Å²) in [5.41, 5.74) is 2.34. The van der Waals surface area contributed by atoms with Crippen molar-refractivity contribution in [3.63, 3.8) is 0 Å². The summed E-state index contributed by atoms with van der Waals surface area (Å²) < 4.78 is 0. The third-order valence-electron chi connectivity index (χ3n) is 4.10. The number of nitrogens with one attached hydrogen (secondary N) is 2. The maximum atomic E-state index is 12.6. The molecule has 128 valence electrons. The molecule has 3 rings (SSSR count). The molecule has 0 aliphatic heterocycles. The zero-order valence-electron chi connectivity index (χ0n) is 14.3. The van der Waals surface area contributed by atoms with Crippen molar-refractivity contribution in [2.24, 2.45) is 0 Å². The average Bonchev–Trinajstić information content (AvgIpc) is 3.05. The molecule has 5 nitrogen and oxygen atoms in total. The van der Waals surface area contributed by atoms with E-state index in [1.807, 2.05) is 54.6 Å². The quantitative estimate of drug-likeness (QED) is 0.753. The summed E-state index contributed by atoms with van der Waals surface area (Å²) >= 11 is 0. The van der Waals surface area contributed by atoms with Crippen molar-refractivity contribution in [2.75, 3.05) is 14.1 Å². The molecule has 0 saturated carbocycles. The van der Waals surface area contributed by atoms with E-state index in [1.165, 1.54) is 4.90 Å². The second kappa shape index (κ2) is 7.21. The maximum absolute atomic E-state index is 12.6. The number of benzene rings is 2. The number of carbonyl (C=O) groups is 2. The van der Waals surface area contributed by atoms with Crippen LogP contribution >= 0.6 is 0 Å². The van der Waals surface area contributed by atoms with Crippen molar-refractivity contribution in [2.45, 2.75) is 12.5 Å². The van der Waals surface area contributed by atoms with E-state index in [0.717, 1.165) is 16.5 Å². The summed E-state index contributed by atoms with van der Waals surface area (Å²) in [4.78, 5) is 29.7. The van der Waals surface area contributed by atoms with Crippen molar-refractivity contribution < 1.29 is 9.59 Å². The van der Waals surface area contributed by atoms with Crippen LogP contribution in [-0.4, -0.2) is 41.8 Å². The third-order valence-corrected chi connectivity index (χ3v) is 4.10. The molecule has 1 heterocycles. The first kappa shape index (κ1) is 16.8. The van der Waals surface area contributed by atoms with Crippen LogP contribution in [0.25, 0.3) is 10.9 Å². The summed E-state index contributed by atoms with van der Waals surface area (Å²) in [5.74, 6) is -0.416. The summed E-state index contributed by atoms with van der Waals surface area (Å²) in [6, 6.07) is 18.5. The summed E-state index contributed by atoms with van der Waals surface area (Å²) in [5, 5.41) is 3.83. The first-order chi connectivity index (χ1) is 12.0. The Hall–Kier alpha value is -3.08. The summed E-state index contributed by atoms with van der Waals surface area (Å²) in [7, 11) is 3.38. The monoisotopic (exact) mass is 335 g/mol. The zero-order chi connectivity index (χ0) is 17.8. The van der Waals surface area contributed by atoms with E-state index in [0.29, 0.717) is 12.1 Å². The van der Waals surface area contributed by atoms with Gasteiger partial charge < -0.3 is 15.2 Å². The van der Waals surface area contributed by atoms with Crippen molar-refractivity contribution in [3.8, 4) is 0 Å². The topological polar surface area (TPSA) is 65.2 Å². The molecule has 2 aromatic carbocycles. The molecule has 2 amide bonds. The number of aromatic nitrogens is 1. The Morgan fingerprint density at radius 3 is 2.40 bits per heavy atom. The van der Waals surface area contributed by atoms with Gasteiger partial charge in [-0.25, -0.2) is 0 Å². The summed E-state index contributed by atoms with van der Waals surface area (Å²) in [6.07, 6.45) is 0.448. The normalized spacial score (nSPS) is 11.9. The molecule has 2 N–H and O–H groups in total. The first-order valence-corrected chi connectivity index (χ1v) is 8.18. The highest BCUT2D eigenvalue weighted by Gasteiger charge is 2.24. The number of aromatic amines is 1. The zero-order valence-corrected chi connectivity index (χ0v) is 14.3. The number of amides is 2. The molecule has 0 spiro atoms. The van der Waals surface area contributed by atoms with E-state index in [-0.39, 0.29) is 11.8 Å². The number of carbonyl (C=O) groups excluding carboxylic acids is 2. The molecule has 1 atom stereocenters. The van der Waals surface area contributed by atoms with Crippen molar-refractivity contribution in [3.05, 3.63) is 71.9 Å². The molecule has 0 unspecified atom stereocenters. The second-order valence-corrected chi connectivity index (χ2v) is 6.22. The van der Waals surface area contributed by atoms with Gasteiger partial charge in [-0.3, -0.25) is 9.59 Å². The smallest absolute Gasteiger partial charge is 0.268 e. The third kappa shape index (κ3) is 3.88. The molecular weight excluding hydrogens is 314 g/mol. The predicted molar refractivity (Wildman–Crippen MR) is 98.4 cm³/mol. The molecule has 5 heteroatoms. The fourth-order valence-corrected chi connectivity index (χ4v) is 2.79. The highest BCUT2D eigenvalue weighted by atomic mass is 16.2. The van der Waals surface area contributed by atoms with Gasteiger partial charge in [0.2, 0.25) is 5.91 Å². The van der Waals surface area contributed by atoms with Crippen LogP contribution in [0, 0.1) is 0 Å². The fraction of sp³-hybridized carbons (Fsp3) is 0.200. The largest absolute Gasteiger partial charge is 0.351 e. The minimum atomic E-state index is -0.615. The number of para-hydroxylation sites is 1. The van der Waals surface area contributed by atoms with Crippen LogP contribution in [0.3, 0.4) is 0 Å². The minimum absolute atomic E-state index is 0.131. The minimum Gasteiger partial charge on any atom is -0.351 e. The first-order valence-electron chi connectivity index (χ1n) is 8.18. The van der Waals surface area contributed by atoms with Crippen LogP contribution in [-0.2, 0) is 11.2 Å². The SMILES string of the molecule is CN(C)C(=O)[C@H](Cc1ccccc1)NC(=O)c1cc2ccccc2[nH]1. The average molecular weight is 335 g/mol. The van der Waals surface area contributed by atoms with E-state index in [9.17, 15) is 9.59 Å². The van der Waals surface area contributed by atoms with E-state index >= 15 is 0 Å². The van der Waals surface area contributed by atoms with E-state index in [2.05, 4.69) is 10.3 Å². The number of fused-ring (bicyclic) bond motifs is 1. The molecule has 0 fully saturated rings. The van der Waals surface area contributed by atoms with E-state index in [1.54, 1.807) is 20.2 Å². The Kier molecular flexibility index (Phi) is 4.84. The van der Waals surface area contributed by atoms with Gasteiger partial charge in [-0.15, -0.1) is 0 Å². The van der Waals surface area contributed by atoms with Crippen molar-refractivity contribution in [1.82, 2.24) is 15.2 Å². The van der Waals surface area contributed by atoms with Gasteiger partial charge in [-0.1, -0.05) is 48.5 Å². The molecule has 3 aromatic rings. The van der Waals surface area contributed by atoms with Gasteiger partial charge in [0.1, 0.15) is 11.7 Å². The lowest BCUT2D eigenvalue weighted by molar-refractivity contribution is -0.130. The van der Waals surface area contributed by atoms with Gasteiger partial charge in [0.25, 0.3) is 5.91 Å². The Balaban J connectivity index is 1.81. The van der Waals surface area contributed by atoms with Gasteiger partial charge >= 0.3 is 0 Å². The van der Waals surface area contributed by atoms with Gasteiger partial charge in [-0.05, 0) is 17.7 Å². The van der Waals surface area contributed by atoms with E-state index in [4.69, 9.17) is 0 Å². The molecule has 0 aliphatic rings. The van der Waals surface area contributed by atoms with Crippen LogP contribution in [0.5, 0.6) is 0 Å². The van der Waals surface area contributed by atoms with Crippen LogP contribution < -0.4 is 5.32 Å². The molecule has 0 radical (unpaired) electrons. The number of hydrogen-bond donors (Lipinski definition) is 2. The Labute approximate surface area is 146 Å². The van der Waals surface area contributed by atoms with E-state index < -0.39 is 6.04 Å². The molecule has 1 aromatic heterocycles. The standard InChI is InChI=1S/C20H21N3O2/c1-23(2)20(25)18(12-14-8-4-3-5-9-14)22-19(24)17-13-15-10-6-7-11-16(15)21-17/h3-11,13,18,21H,12H2,1-2H3,(H,22,24)/t18-/m0/s1. The lowest BCUT2D eigenvalue weighted by atomic mass is 10.0. The highest BCUT2D eigenvalue weighted by molar-refractivity contribution is 6.00. The Bertz CT molecular complexity index is 851. The van der Waals surface area contributed by atoms with Crippen LogP contribution in [0.1, 0.15) is 16.1 Å². The van der Waals surface area contributed by atoms with Crippen LogP contribution in [0.4, 0.5) is 0 Å². The van der Waals surface area contributed by atoms with Crippen LogP contribution in [0.15, 0.2) is 60.7 Å². The highest BCUT2D eigenvalue weighted by Crippen LogP contribution is 2.15. The van der Waals surface area contributed by atoms with Gasteiger partial charge in [0.05, 0.1) is 0 Å². The number of likely N-dealkylation sites (N-methyl/N-ethyl adjacent to an activating group) is 1. The van der Waals surface area contributed by atoms with Crippen molar-refractivity contribution in [1.29, 1.82) is 0 Å². The van der Waals surface area contributed by atoms with Gasteiger partial charge in [-0.2, -0.15) is 0 Å². The lowest BCUT2D eigenvalue weighted by Crippen LogP contribution is -2.47. The lowest BCUT2D eigenvalue weighted by Gasteiger charge is -2.21. The number of H-pyrrole nitrogens is 1. The molecular formula is C20H21N3O2.